The molecule has 4 aromatic rings. The Kier molecular flexibility index (Phi) is 6.54. The number of ether oxygens (including phenoxy) is 3. The Hall–Kier alpha value is -4.39. The average molecular weight is 483 g/mol. The predicted octanol–water partition coefficient (Wildman–Crippen LogP) is 5.06. The van der Waals surface area contributed by atoms with Crippen LogP contribution < -0.4 is 14.4 Å². The second kappa shape index (κ2) is 10.1. The summed E-state index contributed by atoms with van der Waals surface area (Å²) in [6, 6.07) is 22.3. The smallest absolute Gasteiger partial charge is 0.339 e. The molecule has 1 aromatic heterocycles. The van der Waals surface area contributed by atoms with Crippen LogP contribution in [0, 0.1) is 0 Å². The summed E-state index contributed by atoms with van der Waals surface area (Å²) in [5, 5.41) is 0.655. The van der Waals surface area contributed by atoms with Gasteiger partial charge in [0.25, 0.3) is 5.91 Å². The highest BCUT2D eigenvalue weighted by molar-refractivity contribution is 6.06. The van der Waals surface area contributed by atoms with Gasteiger partial charge in [-0.2, -0.15) is 0 Å². The third kappa shape index (κ3) is 4.47. The molecule has 0 radical (unpaired) electrons. The molecule has 0 unspecified atom stereocenters. The number of fused-ring (bicyclic) bond motifs is 2. The number of methoxy groups -OCH3 is 2. The van der Waals surface area contributed by atoms with Crippen molar-refractivity contribution in [1.29, 1.82) is 0 Å². The number of esters is 1. The van der Waals surface area contributed by atoms with Crippen molar-refractivity contribution in [3.63, 3.8) is 0 Å². The molecule has 2 heterocycles. The zero-order valence-corrected chi connectivity index (χ0v) is 20.2. The Morgan fingerprint density at radius 1 is 0.917 bits per heavy atom. The first-order valence-electron chi connectivity index (χ1n) is 11.8. The Morgan fingerprint density at radius 2 is 1.69 bits per heavy atom. The third-order valence-corrected chi connectivity index (χ3v) is 6.35. The number of nitrogens with zero attached hydrogens (tertiary/aromatic N) is 2. The molecule has 1 aliphatic heterocycles. The number of rotatable bonds is 6. The highest BCUT2D eigenvalue weighted by Gasteiger charge is 2.24. The lowest BCUT2D eigenvalue weighted by atomic mass is 10.0. The van der Waals surface area contributed by atoms with Crippen molar-refractivity contribution in [2.45, 2.75) is 12.8 Å². The van der Waals surface area contributed by atoms with Crippen LogP contribution in [0.25, 0.3) is 22.2 Å². The van der Waals surface area contributed by atoms with E-state index in [1.54, 1.807) is 31.3 Å². The number of para-hydroxylation sites is 2. The molecule has 0 bridgehead atoms. The number of carbonyl (C=O) groups excluding carboxylic acids is 2. The zero-order valence-electron chi connectivity index (χ0n) is 20.2. The zero-order chi connectivity index (χ0) is 25.1. The molecule has 7 heteroatoms. The summed E-state index contributed by atoms with van der Waals surface area (Å²) in [6.45, 7) is 0.268. The molecule has 0 saturated heterocycles. The first-order valence-corrected chi connectivity index (χ1v) is 11.8. The molecule has 0 aliphatic carbocycles. The summed E-state index contributed by atoms with van der Waals surface area (Å²) in [4.78, 5) is 32.7. The standard InChI is InChI=1S/C29H26N2O5/c1-34-26-14-13-20(16-27(26)35-2)24-17-22(21-10-4-5-11-23(21)30-24)29(33)36-18-28(32)31-15-7-9-19-8-3-6-12-25(19)31/h3-6,8,10-14,16-17H,7,9,15,18H2,1-2H3. The maximum absolute atomic E-state index is 13.2. The van der Waals surface area contributed by atoms with E-state index >= 15 is 0 Å². The Bertz CT molecular complexity index is 1450. The summed E-state index contributed by atoms with van der Waals surface area (Å²) in [7, 11) is 3.14. The lowest BCUT2D eigenvalue weighted by molar-refractivity contribution is -0.121. The molecule has 0 N–H and O–H groups in total. The number of hydrogen-bond acceptors (Lipinski definition) is 6. The van der Waals surface area contributed by atoms with Gasteiger partial charge in [0.1, 0.15) is 0 Å². The quantitative estimate of drug-likeness (QED) is 0.358. The molecule has 0 saturated carbocycles. The normalized spacial score (nSPS) is 12.7. The molecule has 1 aliphatic rings. The maximum Gasteiger partial charge on any atom is 0.339 e. The van der Waals surface area contributed by atoms with E-state index in [9.17, 15) is 9.59 Å². The molecule has 5 rings (SSSR count). The lowest BCUT2D eigenvalue weighted by Crippen LogP contribution is -2.38. The molecular weight excluding hydrogens is 456 g/mol. The molecule has 182 valence electrons. The highest BCUT2D eigenvalue weighted by atomic mass is 16.5. The van der Waals surface area contributed by atoms with E-state index in [2.05, 4.69) is 0 Å². The number of pyridine rings is 1. The van der Waals surface area contributed by atoms with E-state index in [1.807, 2.05) is 60.7 Å². The van der Waals surface area contributed by atoms with Crippen LogP contribution >= 0.6 is 0 Å². The van der Waals surface area contributed by atoms with Crippen molar-refractivity contribution < 1.29 is 23.8 Å². The van der Waals surface area contributed by atoms with Gasteiger partial charge in [0, 0.05) is 23.2 Å². The van der Waals surface area contributed by atoms with Gasteiger partial charge < -0.3 is 19.1 Å². The second-order valence-electron chi connectivity index (χ2n) is 8.50. The SMILES string of the molecule is COc1ccc(-c2cc(C(=O)OCC(=O)N3CCCc4ccccc43)c3ccccc3n2)cc1OC. The summed E-state index contributed by atoms with van der Waals surface area (Å²) < 4.78 is 16.3. The summed E-state index contributed by atoms with van der Waals surface area (Å²) in [6.07, 6.45) is 1.81. The summed E-state index contributed by atoms with van der Waals surface area (Å²) >= 11 is 0. The first kappa shape index (κ1) is 23.4. The topological polar surface area (TPSA) is 78.0 Å². The minimum Gasteiger partial charge on any atom is -0.493 e. The molecule has 1 amide bonds. The minimum atomic E-state index is -0.575. The van der Waals surface area contributed by atoms with Gasteiger partial charge >= 0.3 is 5.97 Å². The average Bonchev–Trinajstić information content (AvgIpc) is 2.94. The van der Waals surface area contributed by atoms with Crippen molar-refractivity contribution in [3.05, 3.63) is 83.9 Å². The van der Waals surface area contributed by atoms with Crippen molar-refractivity contribution >= 4 is 28.5 Å². The van der Waals surface area contributed by atoms with Crippen LogP contribution in [0.4, 0.5) is 5.69 Å². The number of aryl methyl sites for hydroxylation is 1. The molecule has 0 spiro atoms. The van der Waals surface area contributed by atoms with Crippen molar-refractivity contribution in [2.24, 2.45) is 0 Å². The van der Waals surface area contributed by atoms with Crippen LogP contribution in [0.2, 0.25) is 0 Å². The van der Waals surface area contributed by atoms with Gasteiger partial charge in [-0.1, -0.05) is 36.4 Å². The van der Waals surface area contributed by atoms with Gasteiger partial charge in [-0.05, 0) is 54.8 Å². The van der Waals surface area contributed by atoms with E-state index in [1.165, 1.54) is 0 Å². The van der Waals surface area contributed by atoms with Crippen LogP contribution in [-0.4, -0.2) is 44.2 Å². The summed E-state index contributed by atoms with van der Waals surface area (Å²) in [5.74, 6) is 0.337. The molecule has 7 nitrogen and oxygen atoms in total. The fourth-order valence-electron chi connectivity index (χ4n) is 4.56. The van der Waals surface area contributed by atoms with E-state index in [-0.39, 0.29) is 12.5 Å². The van der Waals surface area contributed by atoms with Gasteiger partial charge in [-0.15, -0.1) is 0 Å². The van der Waals surface area contributed by atoms with Crippen LogP contribution in [0.1, 0.15) is 22.3 Å². The molecule has 0 atom stereocenters. The van der Waals surface area contributed by atoms with Gasteiger partial charge in [0.15, 0.2) is 18.1 Å². The second-order valence-corrected chi connectivity index (χ2v) is 8.50. The largest absolute Gasteiger partial charge is 0.493 e. The predicted molar refractivity (Wildman–Crippen MR) is 138 cm³/mol. The highest BCUT2D eigenvalue weighted by Crippen LogP contribution is 2.33. The van der Waals surface area contributed by atoms with Crippen LogP contribution in [0.5, 0.6) is 11.5 Å². The van der Waals surface area contributed by atoms with Crippen LogP contribution in [0.3, 0.4) is 0 Å². The molecule has 36 heavy (non-hydrogen) atoms. The lowest BCUT2D eigenvalue weighted by Gasteiger charge is -2.29. The van der Waals surface area contributed by atoms with Crippen LogP contribution in [0.15, 0.2) is 72.8 Å². The maximum atomic E-state index is 13.2. The monoisotopic (exact) mass is 482 g/mol. The Balaban J connectivity index is 1.42. The summed E-state index contributed by atoms with van der Waals surface area (Å²) in [5.41, 5.74) is 4.34. The van der Waals surface area contributed by atoms with Gasteiger partial charge in [-0.3, -0.25) is 4.79 Å². The number of anilines is 1. The van der Waals surface area contributed by atoms with E-state index in [0.29, 0.717) is 40.2 Å². The molecular formula is C29H26N2O5. The molecule has 3 aromatic carbocycles. The number of aromatic nitrogens is 1. The molecule has 0 fully saturated rings. The van der Waals surface area contributed by atoms with Crippen molar-refractivity contribution in [2.75, 3.05) is 32.3 Å². The van der Waals surface area contributed by atoms with Crippen molar-refractivity contribution in [1.82, 2.24) is 4.98 Å². The Labute approximate surface area is 209 Å². The number of amides is 1. The number of benzene rings is 3. The fraction of sp³-hybridized carbons (Fsp3) is 0.207. The van der Waals surface area contributed by atoms with Gasteiger partial charge in [0.05, 0.1) is 31.0 Å². The minimum absolute atomic E-state index is 0.242. The van der Waals surface area contributed by atoms with E-state index < -0.39 is 5.97 Å². The number of carbonyl (C=O) groups is 2. The first-order chi connectivity index (χ1) is 17.6. The Morgan fingerprint density at radius 3 is 2.53 bits per heavy atom. The van der Waals surface area contributed by atoms with E-state index in [4.69, 9.17) is 19.2 Å². The third-order valence-electron chi connectivity index (χ3n) is 6.35. The van der Waals surface area contributed by atoms with Gasteiger partial charge in [0.2, 0.25) is 0 Å². The van der Waals surface area contributed by atoms with Crippen molar-refractivity contribution in [3.8, 4) is 22.8 Å². The van der Waals surface area contributed by atoms with Gasteiger partial charge in [-0.25, -0.2) is 9.78 Å². The van der Waals surface area contributed by atoms with Crippen LogP contribution in [-0.2, 0) is 16.0 Å². The fourth-order valence-corrected chi connectivity index (χ4v) is 4.56. The number of hydrogen-bond donors (Lipinski definition) is 0. The van der Waals surface area contributed by atoms with E-state index in [0.717, 1.165) is 29.7 Å².